The monoisotopic (exact) mass is 217 g/mol. The fourth-order valence-electron chi connectivity index (χ4n) is 2.69. The highest BCUT2D eigenvalue weighted by Gasteiger charge is 2.45. The lowest BCUT2D eigenvalue weighted by atomic mass is 9.78. The highest BCUT2D eigenvalue weighted by molar-refractivity contribution is 6.08. The maximum atomic E-state index is 12.3. The molecule has 2 nitrogen and oxygen atoms in total. The zero-order valence-corrected chi connectivity index (χ0v) is 10.7. The highest BCUT2D eigenvalue weighted by Crippen LogP contribution is 2.45. The highest BCUT2D eigenvalue weighted by atomic mass is 16.2. The Labute approximate surface area is 97.3 Å². The van der Waals surface area contributed by atoms with Crippen LogP contribution in [0.5, 0.6) is 0 Å². The number of nitrogens with zero attached hydrogens (tertiary/aromatic N) is 1. The molecule has 2 heteroatoms. The van der Waals surface area contributed by atoms with Crippen LogP contribution in [0.3, 0.4) is 0 Å². The molecule has 1 aliphatic rings. The molecule has 0 bridgehead atoms. The largest absolute Gasteiger partial charge is 0.314 e. The molecule has 1 amide bonds. The van der Waals surface area contributed by atoms with Crippen LogP contribution in [-0.2, 0) is 10.2 Å². The van der Waals surface area contributed by atoms with Crippen molar-refractivity contribution in [3.63, 3.8) is 0 Å². The van der Waals surface area contributed by atoms with Gasteiger partial charge in [0.15, 0.2) is 0 Å². The van der Waals surface area contributed by atoms with Crippen LogP contribution in [0.25, 0.3) is 0 Å². The fourth-order valence-corrected chi connectivity index (χ4v) is 2.69. The molecule has 1 aromatic rings. The lowest BCUT2D eigenvalue weighted by Gasteiger charge is -2.22. The summed E-state index contributed by atoms with van der Waals surface area (Å²) >= 11 is 0. The number of amides is 1. The molecule has 0 saturated heterocycles. The first kappa shape index (κ1) is 11.2. The Balaban J connectivity index is 2.77. The predicted octanol–water partition coefficient (Wildman–Crippen LogP) is 2.95. The van der Waals surface area contributed by atoms with Crippen LogP contribution in [-0.4, -0.2) is 13.0 Å². The number of likely N-dealkylation sites (N-methyl/N-ethyl adjacent to an activating group) is 1. The summed E-state index contributed by atoms with van der Waals surface area (Å²) in [5.74, 6) is 0.221. The molecule has 86 valence electrons. The van der Waals surface area contributed by atoms with Crippen molar-refractivity contribution in [3.05, 3.63) is 28.8 Å². The van der Waals surface area contributed by atoms with Crippen molar-refractivity contribution in [3.8, 4) is 0 Å². The first-order valence-corrected chi connectivity index (χ1v) is 5.82. The molecule has 0 N–H and O–H groups in total. The number of fused-ring (bicyclic) bond motifs is 1. The van der Waals surface area contributed by atoms with Crippen LogP contribution >= 0.6 is 0 Å². The zero-order valence-electron chi connectivity index (χ0n) is 10.7. The van der Waals surface area contributed by atoms with Gasteiger partial charge in [-0.05, 0) is 49.9 Å². The number of carbonyl (C=O) groups excluding carboxylic acids is 1. The third-order valence-corrected chi connectivity index (χ3v) is 4.11. The summed E-state index contributed by atoms with van der Waals surface area (Å²) < 4.78 is 0. The predicted molar refractivity (Wildman–Crippen MR) is 67.0 cm³/mol. The molecule has 0 saturated carbocycles. The lowest BCUT2D eigenvalue weighted by molar-refractivity contribution is -0.122. The smallest absolute Gasteiger partial charge is 0.237 e. The van der Waals surface area contributed by atoms with Gasteiger partial charge in [-0.15, -0.1) is 0 Å². The molecule has 2 rings (SSSR count). The van der Waals surface area contributed by atoms with Gasteiger partial charge in [-0.3, -0.25) is 4.79 Å². The minimum atomic E-state index is -0.333. The molecule has 1 heterocycles. The summed E-state index contributed by atoms with van der Waals surface area (Å²) in [7, 11) is 1.87. The lowest BCUT2D eigenvalue weighted by Crippen LogP contribution is -2.35. The normalized spacial score (nSPS) is 23.8. The van der Waals surface area contributed by atoms with Crippen molar-refractivity contribution in [1.82, 2.24) is 0 Å². The van der Waals surface area contributed by atoms with Gasteiger partial charge in [-0.1, -0.05) is 13.0 Å². The van der Waals surface area contributed by atoms with E-state index in [9.17, 15) is 4.79 Å². The quantitative estimate of drug-likeness (QED) is 0.708. The minimum Gasteiger partial charge on any atom is -0.314 e. The van der Waals surface area contributed by atoms with Gasteiger partial charge in [0.1, 0.15) is 0 Å². The third kappa shape index (κ3) is 1.16. The molecule has 0 fully saturated rings. The van der Waals surface area contributed by atoms with Gasteiger partial charge in [0, 0.05) is 12.7 Å². The van der Waals surface area contributed by atoms with E-state index in [0.29, 0.717) is 0 Å². The summed E-state index contributed by atoms with van der Waals surface area (Å²) in [5.41, 5.74) is 4.50. The van der Waals surface area contributed by atoms with Gasteiger partial charge < -0.3 is 4.90 Å². The average molecular weight is 217 g/mol. The molecule has 1 aliphatic heterocycles. The molecule has 1 aromatic carbocycles. The van der Waals surface area contributed by atoms with Crippen molar-refractivity contribution < 1.29 is 4.79 Å². The molecule has 0 radical (unpaired) electrons. The van der Waals surface area contributed by atoms with Crippen molar-refractivity contribution in [1.29, 1.82) is 0 Å². The van der Waals surface area contributed by atoms with Crippen LogP contribution in [0.4, 0.5) is 5.69 Å². The van der Waals surface area contributed by atoms with Gasteiger partial charge in [0.2, 0.25) is 5.91 Å². The van der Waals surface area contributed by atoms with E-state index in [2.05, 4.69) is 39.8 Å². The van der Waals surface area contributed by atoms with E-state index in [4.69, 9.17) is 0 Å². The van der Waals surface area contributed by atoms with E-state index in [1.54, 1.807) is 4.90 Å². The molecule has 16 heavy (non-hydrogen) atoms. The van der Waals surface area contributed by atoms with Crippen molar-refractivity contribution in [2.45, 2.75) is 39.5 Å². The van der Waals surface area contributed by atoms with Crippen LogP contribution in [0.2, 0.25) is 0 Å². The van der Waals surface area contributed by atoms with E-state index < -0.39 is 0 Å². The second-order valence-electron chi connectivity index (χ2n) is 4.95. The second kappa shape index (κ2) is 3.34. The summed E-state index contributed by atoms with van der Waals surface area (Å²) in [5, 5.41) is 0. The summed E-state index contributed by atoms with van der Waals surface area (Å²) in [6.07, 6.45) is 0.855. The standard InChI is InChI=1S/C14H19NO/c1-6-14(4)12-10(3)9(2)7-8-11(12)15(5)13(14)16/h7-8H,6H2,1-5H3. The van der Waals surface area contributed by atoms with Crippen LogP contribution in [0.15, 0.2) is 12.1 Å². The Morgan fingerprint density at radius 3 is 2.50 bits per heavy atom. The first-order chi connectivity index (χ1) is 7.43. The Kier molecular flexibility index (Phi) is 2.33. The number of carbonyl (C=O) groups is 1. The molecule has 0 aromatic heterocycles. The number of aryl methyl sites for hydroxylation is 1. The van der Waals surface area contributed by atoms with Gasteiger partial charge in [-0.2, -0.15) is 0 Å². The summed E-state index contributed by atoms with van der Waals surface area (Å²) in [6.45, 7) is 8.37. The van der Waals surface area contributed by atoms with Crippen LogP contribution in [0.1, 0.15) is 37.0 Å². The average Bonchev–Trinajstić information content (AvgIpc) is 2.47. The number of benzene rings is 1. The van der Waals surface area contributed by atoms with E-state index in [0.717, 1.165) is 12.1 Å². The number of hydrogen-bond acceptors (Lipinski definition) is 1. The van der Waals surface area contributed by atoms with E-state index >= 15 is 0 Å². The fraction of sp³-hybridized carbons (Fsp3) is 0.500. The Bertz CT molecular complexity index is 464. The Hall–Kier alpha value is -1.31. The number of rotatable bonds is 1. The minimum absolute atomic E-state index is 0.221. The summed E-state index contributed by atoms with van der Waals surface area (Å²) in [4.78, 5) is 14.1. The molecule has 0 spiro atoms. The molecule has 1 atom stereocenters. The maximum Gasteiger partial charge on any atom is 0.237 e. The zero-order chi connectivity index (χ0) is 12.1. The number of hydrogen-bond donors (Lipinski definition) is 0. The topological polar surface area (TPSA) is 20.3 Å². The van der Waals surface area contributed by atoms with Crippen molar-refractivity contribution >= 4 is 11.6 Å². The molecular weight excluding hydrogens is 198 g/mol. The van der Waals surface area contributed by atoms with Crippen LogP contribution < -0.4 is 4.90 Å². The Morgan fingerprint density at radius 2 is 1.94 bits per heavy atom. The second-order valence-corrected chi connectivity index (χ2v) is 4.95. The molecule has 0 aliphatic carbocycles. The van der Waals surface area contributed by atoms with E-state index in [1.165, 1.54) is 16.7 Å². The van der Waals surface area contributed by atoms with Gasteiger partial charge >= 0.3 is 0 Å². The van der Waals surface area contributed by atoms with Crippen molar-refractivity contribution in [2.75, 3.05) is 11.9 Å². The molecule has 1 unspecified atom stereocenters. The van der Waals surface area contributed by atoms with E-state index in [1.807, 2.05) is 7.05 Å². The van der Waals surface area contributed by atoms with Crippen molar-refractivity contribution in [2.24, 2.45) is 0 Å². The van der Waals surface area contributed by atoms with Gasteiger partial charge in [-0.25, -0.2) is 0 Å². The summed E-state index contributed by atoms with van der Waals surface area (Å²) in [6, 6.07) is 4.16. The van der Waals surface area contributed by atoms with Gasteiger partial charge in [0.05, 0.1) is 5.41 Å². The Morgan fingerprint density at radius 1 is 1.31 bits per heavy atom. The van der Waals surface area contributed by atoms with E-state index in [-0.39, 0.29) is 11.3 Å². The van der Waals surface area contributed by atoms with Crippen LogP contribution in [0, 0.1) is 13.8 Å². The molecular formula is C14H19NO. The third-order valence-electron chi connectivity index (χ3n) is 4.11. The SMILES string of the molecule is CCC1(C)C(=O)N(C)c2ccc(C)c(C)c21. The van der Waals surface area contributed by atoms with Gasteiger partial charge in [0.25, 0.3) is 0 Å². The first-order valence-electron chi connectivity index (χ1n) is 5.82. The number of anilines is 1. The maximum absolute atomic E-state index is 12.3.